The molecule has 180 valence electrons. The third kappa shape index (κ3) is 21.8. The Morgan fingerprint density at radius 2 is 1.34 bits per heavy atom. The summed E-state index contributed by atoms with van der Waals surface area (Å²) >= 11 is 0. The van der Waals surface area contributed by atoms with Crippen LogP contribution in [-0.4, -0.2) is 13.6 Å². The standard InChI is InChI=1S/C12H19N.C7H9N.C6H9N.2C2H6/c1-4-5-10-13(3)12-8-6-11(2)7-9-12;1-6-2-4-7(8)5-3-6;1-3-4-5-6(2)7;2*1-2/h6-9H,4-5,10H2,1-3H3;2-5H,8H2,1H3;3-5H,1-2,7H2;2*1-2H3/b;;5-4-;;. The predicted molar refractivity (Wildman–Crippen MR) is 150 cm³/mol. The minimum absolute atomic E-state index is 0.555. The molecule has 0 bridgehead atoms. The average molecular weight is 440 g/mol. The summed E-state index contributed by atoms with van der Waals surface area (Å²) in [6.07, 6.45) is 7.61. The molecule has 0 saturated carbocycles. The molecule has 0 spiro atoms. The molecule has 2 rings (SSSR count). The molecule has 2 aromatic rings. The van der Waals surface area contributed by atoms with E-state index in [2.05, 4.69) is 63.2 Å². The van der Waals surface area contributed by atoms with E-state index in [-0.39, 0.29) is 0 Å². The number of nitrogen functional groups attached to an aromatic ring is 1. The van der Waals surface area contributed by atoms with Gasteiger partial charge in [-0.25, -0.2) is 0 Å². The highest BCUT2D eigenvalue weighted by atomic mass is 15.1. The fourth-order valence-corrected chi connectivity index (χ4v) is 2.08. The van der Waals surface area contributed by atoms with Crippen molar-refractivity contribution in [3.8, 4) is 0 Å². The van der Waals surface area contributed by atoms with E-state index in [0.29, 0.717) is 5.70 Å². The molecule has 0 aliphatic carbocycles. The van der Waals surface area contributed by atoms with Gasteiger partial charge in [0.15, 0.2) is 0 Å². The number of anilines is 2. The molecular weight excluding hydrogens is 390 g/mol. The minimum Gasteiger partial charge on any atom is -0.399 e. The van der Waals surface area contributed by atoms with Crippen molar-refractivity contribution in [2.75, 3.05) is 24.2 Å². The van der Waals surface area contributed by atoms with Crippen molar-refractivity contribution in [2.24, 2.45) is 5.73 Å². The first-order valence-corrected chi connectivity index (χ1v) is 11.6. The normalized spacial score (nSPS) is 8.75. The second-order valence-electron chi connectivity index (χ2n) is 6.69. The number of aryl methyl sites for hydroxylation is 2. The number of allylic oxidation sites excluding steroid dienone is 3. The number of benzene rings is 2. The highest BCUT2D eigenvalue weighted by Crippen LogP contribution is 2.13. The van der Waals surface area contributed by atoms with Crippen molar-refractivity contribution in [1.29, 1.82) is 0 Å². The number of nitrogens with zero attached hydrogens (tertiary/aromatic N) is 1. The molecule has 2 aromatic carbocycles. The van der Waals surface area contributed by atoms with Crippen LogP contribution < -0.4 is 16.4 Å². The van der Waals surface area contributed by atoms with E-state index in [1.165, 1.54) is 29.7 Å². The van der Waals surface area contributed by atoms with Crippen molar-refractivity contribution in [1.82, 2.24) is 0 Å². The van der Waals surface area contributed by atoms with E-state index in [9.17, 15) is 0 Å². The van der Waals surface area contributed by atoms with Crippen LogP contribution in [0.1, 0.15) is 58.6 Å². The molecule has 0 atom stereocenters. The molecule has 0 amide bonds. The molecule has 0 aromatic heterocycles. The molecule has 0 heterocycles. The van der Waals surface area contributed by atoms with Crippen molar-refractivity contribution < 1.29 is 0 Å². The van der Waals surface area contributed by atoms with Crippen LogP contribution in [0, 0.1) is 13.8 Å². The maximum Gasteiger partial charge on any atom is 0.0363 e. The van der Waals surface area contributed by atoms with E-state index in [0.717, 1.165) is 12.2 Å². The summed E-state index contributed by atoms with van der Waals surface area (Å²) < 4.78 is 0. The molecule has 0 aliphatic heterocycles. The van der Waals surface area contributed by atoms with Crippen LogP contribution in [0.15, 0.2) is 85.6 Å². The van der Waals surface area contributed by atoms with Crippen molar-refractivity contribution in [2.45, 2.75) is 61.3 Å². The van der Waals surface area contributed by atoms with Gasteiger partial charge < -0.3 is 16.4 Å². The van der Waals surface area contributed by atoms with Gasteiger partial charge in [-0.1, -0.05) is 102 Å². The van der Waals surface area contributed by atoms with Crippen LogP contribution in [0.4, 0.5) is 11.4 Å². The van der Waals surface area contributed by atoms with Gasteiger partial charge >= 0.3 is 0 Å². The zero-order valence-corrected chi connectivity index (χ0v) is 22.0. The second kappa shape index (κ2) is 24.3. The van der Waals surface area contributed by atoms with Crippen LogP contribution in [0.25, 0.3) is 0 Å². The third-order valence-electron chi connectivity index (χ3n) is 3.85. The predicted octanol–water partition coefficient (Wildman–Crippen LogP) is 8.06. The third-order valence-corrected chi connectivity index (χ3v) is 3.85. The van der Waals surface area contributed by atoms with Gasteiger partial charge in [-0.15, -0.1) is 0 Å². The van der Waals surface area contributed by atoms with Gasteiger partial charge in [0.05, 0.1) is 0 Å². The Kier molecular flexibility index (Phi) is 25.6. The molecule has 3 heteroatoms. The fourth-order valence-electron chi connectivity index (χ4n) is 2.08. The average Bonchev–Trinajstić information content (AvgIpc) is 2.82. The van der Waals surface area contributed by atoms with E-state index < -0.39 is 0 Å². The van der Waals surface area contributed by atoms with Gasteiger partial charge in [-0.05, 0) is 50.6 Å². The molecule has 3 nitrogen and oxygen atoms in total. The Morgan fingerprint density at radius 1 is 0.906 bits per heavy atom. The van der Waals surface area contributed by atoms with E-state index in [4.69, 9.17) is 11.5 Å². The monoisotopic (exact) mass is 439 g/mol. The highest BCUT2D eigenvalue weighted by molar-refractivity contribution is 5.46. The number of rotatable bonds is 6. The summed E-state index contributed by atoms with van der Waals surface area (Å²) in [5.74, 6) is 0. The lowest BCUT2D eigenvalue weighted by Crippen LogP contribution is -2.17. The molecule has 0 radical (unpaired) electrons. The van der Waals surface area contributed by atoms with Gasteiger partial charge in [-0.2, -0.15) is 0 Å². The Labute approximate surface area is 199 Å². The topological polar surface area (TPSA) is 55.3 Å². The molecular formula is C29H49N3. The summed E-state index contributed by atoms with van der Waals surface area (Å²) in [6.45, 7) is 22.4. The molecule has 0 unspecified atom stereocenters. The first kappa shape index (κ1) is 33.7. The maximum absolute atomic E-state index is 5.43. The summed E-state index contributed by atoms with van der Waals surface area (Å²) in [6, 6.07) is 16.5. The minimum atomic E-state index is 0.555. The van der Waals surface area contributed by atoms with Crippen molar-refractivity contribution in [3.63, 3.8) is 0 Å². The van der Waals surface area contributed by atoms with E-state index in [1.54, 1.807) is 18.2 Å². The van der Waals surface area contributed by atoms with Crippen molar-refractivity contribution >= 4 is 11.4 Å². The van der Waals surface area contributed by atoms with Gasteiger partial charge in [0.25, 0.3) is 0 Å². The van der Waals surface area contributed by atoms with Gasteiger partial charge in [-0.3, -0.25) is 0 Å². The van der Waals surface area contributed by atoms with Crippen LogP contribution in [-0.2, 0) is 0 Å². The first-order valence-electron chi connectivity index (χ1n) is 11.6. The quantitative estimate of drug-likeness (QED) is 0.353. The van der Waals surface area contributed by atoms with Gasteiger partial charge in [0, 0.05) is 30.7 Å². The van der Waals surface area contributed by atoms with Crippen LogP contribution >= 0.6 is 0 Å². The molecule has 0 fully saturated rings. The second-order valence-corrected chi connectivity index (χ2v) is 6.69. The zero-order chi connectivity index (χ0) is 25.4. The molecule has 32 heavy (non-hydrogen) atoms. The largest absolute Gasteiger partial charge is 0.399 e. The zero-order valence-electron chi connectivity index (χ0n) is 22.0. The number of nitrogens with two attached hydrogens (primary N) is 2. The SMILES string of the molecule is C=C/C=C\C(=C)N.CC.CC.CCCCN(C)c1ccc(C)cc1.Cc1ccc(N)cc1. The van der Waals surface area contributed by atoms with Gasteiger partial charge in [0.2, 0.25) is 0 Å². The van der Waals surface area contributed by atoms with Crippen LogP contribution in [0.3, 0.4) is 0 Å². The lowest BCUT2D eigenvalue weighted by Gasteiger charge is -2.18. The Hall–Kier alpha value is -2.94. The summed E-state index contributed by atoms with van der Waals surface area (Å²) in [5.41, 5.74) is 15.9. The fraction of sp³-hybridized carbons (Fsp3) is 0.379. The number of unbranched alkanes of at least 4 members (excludes halogenated alkanes) is 1. The Bertz CT molecular complexity index is 677. The van der Waals surface area contributed by atoms with Crippen LogP contribution in [0.5, 0.6) is 0 Å². The van der Waals surface area contributed by atoms with Crippen molar-refractivity contribution in [3.05, 3.63) is 96.7 Å². The first-order chi connectivity index (χ1) is 15.3. The lowest BCUT2D eigenvalue weighted by atomic mass is 10.2. The Morgan fingerprint density at radius 3 is 1.66 bits per heavy atom. The highest BCUT2D eigenvalue weighted by Gasteiger charge is 1.98. The summed E-state index contributed by atoms with van der Waals surface area (Å²) in [7, 11) is 2.15. The van der Waals surface area contributed by atoms with E-state index >= 15 is 0 Å². The smallest absolute Gasteiger partial charge is 0.0363 e. The number of hydrogen-bond donors (Lipinski definition) is 2. The Balaban J connectivity index is -0.000000384. The van der Waals surface area contributed by atoms with Crippen LogP contribution in [0.2, 0.25) is 0 Å². The molecule has 4 N–H and O–H groups in total. The van der Waals surface area contributed by atoms with E-state index in [1.807, 2.05) is 58.9 Å². The molecule has 0 saturated heterocycles. The summed E-state index contributed by atoms with van der Waals surface area (Å²) in [5, 5.41) is 0. The summed E-state index contributed by atoms with van der Waals surface area (Å²) in [4.78, 5) is 2.31. The maximum atomic E-state index is 5.43. The molecule has 0 aliphatic rings. The number of hydrogen-bond acceptors (Lipinski definition) is 3. The van der Waals surface area contributed by atoms with Gasteiger partial charge in [0.1, 0.15) is 0 Å². The lowest BCUT2D eigenvalue weighted by molar-refractivity contribution is 0.766.